The largest absolute Gasteiger partial charge is 0.349 e. The third-order valence-corrected chi connectivity index (χ3v) is 5.60. The number of rotatable bonds is 7. The first-order valence-corrected chi connectivity index (χ1v) is 9.91. The number of hydrogen-bond donors (Lipinski definition) is 2. The van der Waals surface area contributed by atoms with E-state index in [-0.39, 0.29) is 28.9 Å². The molecule has 2 aromatic rings. The highest BCUT2D eigenvalue weighted by atomic mass is 32.2. The first-order valence-electron chi connectivity index (χ1n) is 8.26. The smallest absolute Gasteiger partial charge is 0.226 e. The maximum atomic E-state index is 12.3. The Hall–Kier alpha value is -2.67. The van der Waals surface area contributed by atoms with Crippen LogP contribution in [0.1, 0.15) is 31.9 Å². The number of anilines is 1. The van der Waals surface area contributed by atoms with Crippen LogP contribution in [-0.4, -0.2) is 26.0 Å². The Morgan fingerprint density at radius 3 is 2.15 bits per heavy atom. The van der Waals surface area contributed by atoms with Gasteiger partial charge in [0.25, 0.3) is 0 Å². The van der Waals surface area contributed by atoms with E-state index in [0.29, 0.717) is 5.69 Å². The van der Waals surface area contributed by atoms with Crippen LogP contribution in [0.4, 0.5) is 5.69 Å². The molecule has 0 spiro atoms. The second kappa shape index (κ2) is 8.62. The lowest BCUT2D eigenvalue weighted by molar-refractivity contribution is -0.120. The van der Waals surface area contributed by atoms with Gasteiger partial charge in [-0.1, -0.05) is 37.3 Å². The van der Waals surface area contributed by atoms with Crippen LogP contribution >= 0.6 is 0 Å². The molecule has 138 valence electrons. The Morgan fingerprint density at radius 2 is 1.62 bits per heavy atom. The van der Waals surface area contributed by atoms with Crippen molar-refractivity contribution in [3.63, 3.8) is 0 Å². The number of carbonyl (C=O) groups excluding carboxylic acids is 2. The molecule has 0 heterocycles. The standard InChI is InChI=1S/C19H22N2O4S/c1-3-26(24,25)17-11-9-16(10-12-17)21-19(23)13-18(20-14(2)22)15-7-5-4-6-8-15/h4-12,18H,3,13H2,1-2H3,(H,20,22)(H,21,23). The maximum Gasteiger partial charge on any atom is 0.226 e. The number of carbonyl (C=O) groups is 2. The Balaban J connectivity index is 2.07. The third-order valence-electron chi connectivity index (χ3n) is 3.85. The van der Waals surface area contributed by atoms with Gasteiger partial charge in [-0.25, -0.2) is 8.42 Å². The molecule has 6 nitrogen and oxygen atoms in total. The van der Waals surface area contributed by atoms with Crippen molar-refractivity contribution >= 4 is 27.3 Å². The molecule has 2 amide bonds. The molecule has 7 heteroatoms. The highest BCUT2D eigenvalue weighted by Gasteiger charge is 2.17. The van der Waals surface area contributed by atoms with Crippen molar-refractivity contribution < 1.29 is 18.0 Å². The summed E-state index contributed by atoms with van der Waals surface area (Å²) in [7, 11) is -3.27. The fourth-order valence-electron chi connectivity index (χ4n) is 2.49. The Bertz CT molecular complexity index is 862. The van der Waals surface area contributed by atoms with Gasteiger partial charge in [-0.05, 0) is 29.8 Å². The van der Waals surface area contributed by atoms with E-state index in [1.54, 1.807) is 19.1 Å². The number of sulfone groups is 1. The zero-order valence-electron chi connectivity index (χ0n) is 14.7. The van der Waals surface area contributed by atoms with Crippen molar-refractivity contribution in [2.45, 2.75) is 31.2 Å². The van der Waals surface area contributed by atoms with E-state index in [9.17, 15) is 18.0 Å². The fourth-order valence-corrected chi connectivity index (χ4v) is 3.38. The second-order valence-electron chi connectivity index (χ2n) is 5.84. The van der Waals surface area contributed by atoms with Crippen LogP contribution < -0.4 is 10.6 Å². The highest BCUT2D eigenvalue weighted by molar-refractivity contribution is 7.91. The van der Waals surface area contributed by atoms with Crippen molar-refractivity contribution in [1.82, 2.24) is 5.32 Å². The number of hydrogen-bond acceptors (Lipinski definition) is 4. The van der Waals surface area contributed by atoms with Crippen LogP contribution in [0.5, 0.6) is 0 Å². The van der Waals surface area contributed by atoms with E-state index >= 15 is 0 Å². The summed E-state index contributed by atoms with van der Waals surface area (Å²) >= 11 is 0. The molecule has 0 aromatic heterocycles. The molecule has 1 unspecified atom stereocenters. The minimum absolute atomic E-state index is 0.0220. The summed E-state index contributed by atoms with van der Waals surface area (Å²) in [5, 5.41) is 5.50. The van der Waals surface area contributed by atoms with Crippen LogP contribution in [0.3, 0.4) is 0 Å². The van der Waals surface area contributed by atoms with E-state index in [1.165, 1.54) is 19.1 Å². The summed E-state index contributed by atoms with van der Waals surface area (Å²) in [6.45, 7) is 2.98. The molecule has 0 aliphatic rings. The molecular formula is C19H22N2O4S. The Kier molecular flexibility index (Phi) is 6.52. The van der Waals surface area contributed by atoms with Gasteiger partial charge in [0, 0.05) is 12.6 Å². The van der Waals surface area contributed by atoms with Gasteiger partial charge in [0.05, 0.1) is 23.1 Å². The van der Waals surface area contributed by atoms with Gasteiger partial charge in [0.2, 0.25) is 11.8 Å². The molecule has 0 saturated heterocycles. The average molecular weight is 374 g/mol. The van der Waals surface area contributed by atoms with Crippen LogP contribution in [0, 0.1) is 0 Å². The van der Waals surface area contributed by atoms with Crippen molar-refractivity contribution in [2.75, 3.05) is 11.1 Å². The van der Waals surface area contributed by atoms with E-state index in [4.69, 9.17) is 0 Å². The molecule has 0 aliphatic carbocycles. The number of amides is 2. The van der Waals surface area contributed by atoms with Gasteiger partial charge in [-0.15, -0.1) is 0 Å². The summed E-state index contributed by atoms with van der Waals surface area (Å²) < 4.78 is 23.6. The summed E-state index contributed by atoms with van der Waals surface area (Å²) in [5.41, 5.74) is 1.34. The Labute approximate surface area is 153 Å². The summed E-state index contributed by atoms with van der Waals surface area (Å²) in [5.74, 6) is -0.478. The van der Waals surface area contributed by atoms with Crippen molar-refractivity contribution in [3.05, 3.63) is 60.2 Å². The van der Waals surface area contributed by atoms with E-state index in [2.05, 4.69) is 10.6 Å². The predicted octanol–water partition coefficient (Wildman–Crippen LogP) is 2.69. The van der Waals surface area contributed by atoms with Crippen LogP contribution in [0.25, 0.3) is 0 Å². The molecule has 2 N–H and O–H groups in total. The first kappa shape index (κ1) is 19.7. The van der Waals surface area contributed by atoms with Crippen LogP contribution in [0.2, 0.25) is 0 Å². The lowest BCUT2D eigenvalue weighted by atomic mass is 10.0. The molecular weight excluding hydrogens is 352 g/mol. The van der Waals surface area contributed by atoms with E-state index in [1.807, 2.05) is 30.3 Å². The van der Waals surface area contributed by atoms with Gasteiger partial charge in [0.15, 0.2) is 9.84 Å². The van der Waals surface area contributed by atoms with E-state index in [0.717, 1.165) is 5.56 Å². The average Bonchev–Trinajstić information content (AvgIpc) is 2.62. The Morgan fingerprint density at radius 1 is 1.00 bits per heavy atom. The van der Waals surface area contributed by atoms with Crippen molar-refractivity contribution in [2.24, 2.45) is 0 Å². The maximum absolute atomic E-state index is 12.3. The summed E-state index contributed by atoms with van der Waals surface area (Å²) in [6, 6.07) is 14.8. The normalized spacial score (nSPS) is 12.2. The molecule has 0 bridgehead atoms. The fraction of sp³-hybridized carbons (Fsp3) is 0.263. The molecule has 0 saturated carbocycles. The third kappa shape index (κ3) is 5.42. The zero-order chi connectivity index (χ0) is 19.2. The van der Waals surface area contributed by atoms with Crippen LogP contribution in [-0.2, 0) is 19.4 Å². The van der Waals surface area contributed by atoms with Crippen LogP contribution in [0.15, 0.2) is 59.5 Å². The first-order chi connectivity index (χ1) is 12.3. The molecule has 0 fully saturated rings. The summed E-state index contributed by atoms with van der Waals surface area (Å²) in [6.07, 6.45) is 0.0681. The molecule has 0 radical (unpaired) electrons. The van der Waals surface area contributed by atoms with Gasteiger partial charge >= 0.3 is 0 Å². The predicted molar refractivity (Wildman–Crippen MR) is 100 cm³/mol. The van der Waals surface area contributed by atoms with Gasteiger partial charge in [0.1, 0.15) is 0 Å². The number of benzene rings is 2. The zero-order valence-corrected chi connectivity index (χ0v) is 15.5. The quantitative estimate of drug-likeness (QED) is 0.779. The highest BCUT2D eigenvalue weighted by Crippen LogP contribution is 2.19. The molecule has 2 rings (SSSR count). The molecule has 1 atom stereocenters. The number of nitrogens with one attached hydrogen (secondary N) is 2. The molecule has 2 aromatic carbocycles. The van der Waals surface area contributed by atoms with Gasteiger partial charge < -0.3 is 10.6 Å². The SMILES string of the molecule is CCS(=O)(=O)c1ccc(NC(=O)CC(NC(C)=O)c2ccccc2)cc1. The van der Waals surface area contributed by atoms with Crippen molar-refractivity contribution in [3.8, 4) is 0 Å². The molecule has 0 aliphatic heterocycles. The topological polar surface area (TPSA) is 92.3 Å². The van der Waals surface area contributed by atoms with Crippen molar-refractivity contribution in [1.29, 1.82) is 0 Å². The summed E-state index contributed by atoms with van der Waals surface area (Å²) in [4.78, 5) is 24.0. The van der Waals surface area contributed by atoms with E-state index < -0.39 is 15.9 Å². The monoisotopic (exact) mass is 374 g/mol. The van der Waals surface area contributed by atoms with Gasteiger partial charge in [-0.2, -0.15) is 0 Å². The lowest BCUT2D eigenvalue weighted by Gasteiger charge is -2.18. The van der Waals surface area contributed by atoms with Gasteiger partial charge in [-0.3, -0.25) is 9.59 Å². The lowest BCUT2D eigenvalue weighted by Crippen LogP contribution is -2.29. The minimum atomic E-state index is -3.27. The molecule has 26 heavy (non-hydrogen) atoms. The second-order valence-corrected chi connectivity index (χ2v) is 8.12. The minimum Gasteiger partial charge on any atom is -0.349 e.